The van der Waals surface area contributed by atoms with Gasteiger partial charge < -0.3 is 14.5 Å². The summed E-state index contributed by atoms with van der Waals surface area (Å²) >= 11 is 0. The van der Waals surface area contributed by atoms with Gasteiger partial charge in [-0.1, -0.05) is 20.8 Å². The number of amides is 1. The molecular weight excluding hydrogens is 306 g/mol. The fraction of sp³-hybridized carbons (Fsp3) is 0.474. The monoisotopic (exact) mass is 331 g/mol. The number of hydrogen-bond donors (Lipinski definition) is 1. The molecule has 2 aromatic rings. The Balaban J connectivity index is 1.97. The van der Waals surface area contributed by atoms with Crippen molar-refractivity contribution in [1.82, 2.24) is 5.32 Å². The van der Waals surface area contributed by atoms with E-state index in [0.717, 1.165) is 11.8 Å². The zero-order valence-corrected chi connectivity index (χ0v) is 14.9. The Kier molecular flexibility index (Phi) is 5.02. The van der Waals surface area contributed by atoms with Gasteiger partial charge in [-0.2, -0.15) is 0 Å². The van der Waals surface area contributed by atoms with E-state index >= 15 is 0 Å². The second kappa shape index (κ2) is 6.67. The first-order chi connectivity index (χ1) is 11.0. The molecule has 2 rings (SSSR count). The standard InChI is InChI=1S/C19H25NO4/c1-18(2,3)12-19(4,5)20-16(21)11-23-14-8-6-13-7-9-17(22)24-15(13)10-14/h6-10H,11-12H2,1-5H3,(H,20,21). The van der Waals surface area contributed by atoms with Crippen LogP contribution < -0.4 is 15.7 Å². The minimum atomic E-state index is -0.415. The van der Waals surface area contributed by atoms with E-state index in [0.29, 0.717) is 11.3 Å². The van der Waals surface area contributed by atoms with Crippen molar-refractivity contribution < 1.29 is 13.9 Å². The molecule has 0 saturated heterocycles. The molecule has 0 aliphatic carbocycles. The van der Waals surface area contributed by atoms with E-state index < -0.39 is 5.63 Å². The summed E-state index contributed by atoms with van der Waals surface area (Å²) in [4.78, 5) is 23.4. The van der Waals surface area contributed by atoms with E-state index in [9.17, 15) is 9.59 Å². The van der Waals surface area contributed by atoms with Gasteiger partial charge in [0.1, 0.15) is 11.3 Å². The van der Waals surface area contributed by atoms with Gasteiger partial charge >= 0.3 is 5.63 Å². The summed E-state index contributed by atoms with van der Waals surface area (Å²) in [7, 11) is 0. The highest BCUT2D eigenvalue weighted by molar-refractivity contribution is 5.79. The number of nitrogens with one attached hydrogen (secondary N) is 1. The maximum absolute atomic E-state index is 12.1. The number of ether oxygens (including phenoxy) is 1. The molecule has 0 spiro atoms. The number of fused-ring (bicyclic) bond motifs is 1. The first kappa shape index (κ1) is 18.0. The summed E-state index contributed by atoms with van der Waals surface area (Å²) in [5.74, 6) is 0.305. The molecule has 0 aliphatic heterocycles. The van der Waals surface area contributed by atoms with Gasteiger partial charge in [0, 0.05) is 23.1 Å². The normalized spacial score (nSPS) is 12.2. The van der Waals surface area contributed by atoms with Gasteiger partial charge in [0.15, 0.2) is 6.61 Å². The third-order valence-electron chi connectivity index (χ3n) is 3.41. The third-order valence-corrected chi connectivity index (χ3v) is 3.41. The lowest BCUT2D eigenvalue weighted by Crippen LogP contribution is -2.47. The van der Waals surface area contributed by atoms with Gasteiger partial charge in [0.25, 0.3) is 5.91 Å². The zero-order chi connectivity index (χ0) is 18.0. The zero-order valence-electron chi connectivity index (χ0n) is 14.9. The highest BCUT2D eigenvalue weighted by Crippen LogP contribution is 2.26. The molecule has 1 aromatic carbocycles. The quantitative estimate of drug-likeness (QED) is 0.851. The van der Waals surface area contributed by atoms with Gasteiger partial charge in [0.05, 0.1) is 0 Å². The summed E-state index contributed by atoms with van der Waals surface area (Å²) in [6.07, 6.45) is 0.854. The van der Waals surface area contributed by atoms with Crippen molar-refractivity contribution in [3.05, 3.63) is 40.8 Å². The number of rotatable bonds is 5. The van der Waals surface area contributed by atoms with E-state index in [-0.39, 0.29) is 23.5 Å². The van der Waals surface area contributed by atoms with Crippen LogP contribution in [0.2, 0.25) is 0 Å². The Bertz CT molecular complexity index is 784. The number of carbonyl (C=O) groups is 1. The Labute approximate surface area is 142 Å². The maximum atomic E-state index is 12.1. The van der Waals surface area contributed by atoms with Gasteiger partial charge in [-0.3, -0.25) is 4.79 Å². The largest absolute Gasteiger partial charge is 0.484 e. The Hall–Kier alpha value is -2.30. The summed E-state index contributed by atoms with van der Waals surface area (Å²) in [6.45, 7) is 10.3. The van der Waals surface area contributed by atoms with E-state index in [2.05, 4.69) is 26.1 Å². The van der Waals surface area contributed by atoms with Crippen LogP contribution in [0.15, 0.2) is 39.5 Å². The molecule has 0 bridgehead atoms. The van der Waals surface area contributed by atoms with Crippen LogP contribution in [0.4, 0.5) is 0 Å². The highest BCUT2D eigenvalue weighted by atomic mass is 16.5. The molecule has 0 fully saturated rings. The molecule has 1 N–H and O–H groups in total. The molecule has 1 amide bonds. The fourth-order valence-corrected chi connectivity index (χ4v) is 3.06. The smallest absolute Gasteiger partial charge is 0.336 e. The van der Waals surface area contributed by atoms with Crippen LogP contribution in [-0.4, -0.2) is 18.1 Å². The van der Waals surface area contributed by atoms with Crippen molar-refractivity contribution in [2.24, 2.45) is 5.41 Å². The molecule has 5 heteroatoms. The molecule has 0 unspecified atom stereocenters. The summed E-state index contributed by atoms with van der Waals surface area (Å²) in [5, 5.41) is 3.80. The Morgan fingerprint density at radius 3 is 2.46 bits per heavy atom. The Morgan fingerprint density at radius 2 is 1.79 bits per heavy atom. The van der Waals surface area contributed by atoms with Gasteiger partial charge in [-0.15, -0.1) is 0 Å². The second-order valence-corrected chi connectivity index (χ2v) is 7.91. The van der Waals surface area contributed by atoms with Crippen molar-refractivity contribution >= 4 is 16.9 Å². The first-order valence-electron chi connectivity index (χ1n) is 8.02. The van der Waals surface area contributed by atoms with Gasteiger partial charge in [-0.05, 0) is 43.9 Å². The first-order valence-corrected chi connectivity index (χ1v) is 8.02. The number of benzene rings is 1. The van der Waals surface area contributed by atoms with Crippen LogP contribution in [0.5, 0.6) is 5.75 Å². The summed E-state index contributed by atoms with van der Waals surface area (Å²) in [6, 6.07) is 8.20. The lowest BCUT2D eigenvalue weighted by atomic mass is 9.82. The molecule has 0 atom stereocenters. The highest BCUT2D eigenvalue weighted by Gasteiger charge is 2.27. The minimum Gasteiger partial charge on any atom is -0.484 e. The maximum Gasteiger partial charge on any atom is 0.336 e. The molecule has 130 valence electrons. The van der Waals surface area contributed by atoms with E-state index in [1.807, 2.05) is 13.8 Å². The van der Waals surface area contributed by atoms with Crippen molar-refractivity contribution in [2.75, 3.05) is 6.61 Å². The SMILES string of the molecule is CC(C)(C)CC(C)(C)NC(=O)COc1ccc2ccc(=O)oc2c1. The number of hydrogen-bond acceptors (Lipinski definition) is 4. The molecule has 0 saturated carbocycles. The summed E-state index contributed by atoms with van der Waals surface area (Å²) in [5.41, 5.74) is -0.169. The number of carbonyl (C=O) groups excluding carboxylic acids is 1. The van der Waals surface area contributed by atoms with Crippen LogP contribution >= 0.6 is 0 Å². The Morgan fingerprint density at radius 1 is 1.12 bits per heavy atom. The average molecular weight is 331 g/mol. The summed E-state index contributed by atoms with van der Waals surface area (Å²) < 4.78 is 10.6. The van der Waals surface area contributed by atoms with E-state index in [1.54, 1.807) is 24.3 Å². The molecular formula is C19H25NO4. The van der Waals surface area contributed by atoms with Crippen LogP contribution in [-0.2, 0) is 4.79 Å². The third kappa shape index (κ3) is 5.41. The lowest BCUT2D eigenvalue weighted by Gasteiger charge is -2.33. The van der Waals surface area contributed by atoms with E-state index in [4.69, 9.17) is 9.15 Å². The average Bonchev–Trinajstić information content (AvgIpc) is 2.41. The second-order valence-electron chi connectivity index (χ2n) is 7.91. The molecule has 0 aliphatic rings. The van der Waals surface area contributed by atoms with Crippen molar-refractivity contribution in [3.8, 4) is 5.75 Å². The molecule has 24 heavy (non-hydrogen) atoms. The van der Waals surface area contributed by atoms with Gasteiger partial charge in [0.2, 0.25) is 0 Å². The molecule has 0 radical (unpaired) electrons. The van der Waals surface area contributed by atoms with Crippen LogP contribution in [0.3, 0.4) is 0 Å². The van der Waals surface area contributed by atoms with Crippen molar-refractivity contribution in [3.63, 3.8) is 0 Å². The topological polar surface area (TPSA) is 68.5 Å². The van der Waals surface area contributed by atoms with Crippen molar-refractivity contribution in [2.45, 2.75) is 46.6 Å². The predicted molar refractivity (Wildman–Crippen MR) is 94.3 cm³/mol. The van der Waals surface area contributed by atoms with E-state index in [1.165, 1.54) is 6.07 Å². The molecule has 5 nitrogen and oxygen atoms in total. The molecule has 1 heterocycles. The van der Waals surface area contributed by atoms with Crippen LogP contribution in [0.1, 0.15) is 41.0 Å². The van der Waals surface area contributed by atoms with Gasteiger partial charge in [-0.25, -0.2) is 4.79 Å². The predicted octanol–water partition coefficient (Wildman–Crippen LogP) is 3.50. The van der Waals surface area contributed by atoms with Crippen LogP contribution in [0, 0.1) is 5.41 Å². The molecule has 1 aromatic heterocycles. The fourth-order valence-electron chi connectivity index (χ4n) is 3.06. The lowest BCUT2D eigenvalue weighted by molar-refractivity contribution is -0.125. The van der Waals surface area contributed by atoms with Crippen molar-refractivity contribution in [1.29, 1.82) is 0 Å². The van der Waals surface area contributed by atoms with Crippen LogP contribution in [0.25, 0.3) is 11.0 Å². The minimum absolute atomic E-state index is 0.0872.